The normalized spacial score (nSPS) is 14.3. The van der Waals surface area contributed by atoms with Gasteiger partial charge in [0.15, 0.2) is 0 Å². The molecule has 0 saturated carbocycles. The van der Waals surface area contributed by atoms with Gasteiger partial charge in [0, 0.05) is 13.0 Å². The number of amides is 8. The molecule has 15 N–H and O–H groups in total. The van der Waals surface area contributed by atoms with E-state index in [-0.39, 0.29) is 25.3 Å². The third-order valence-electron chi connectivity index (χ3n) is 8.01. The molecule has 0 aliphatic heterocycles. The molecule has 0 spiro atoms. The first-order valence-electron chi connectivity index (χ1n) is 18.6. The molecule has 0 bridgehead atoms. The maximum atomic E-state index is 13.7. The van der Waals surface area contributed by atoms with Crippen LogP contribution >= 0.6 is 0 Å². The SMILES string of the molecule is CC(=O)NCC(=O)N[C@H](CO)C(=O)N[C@@H](CCCCN)C(=O)N[C@H](CCCCN)C(=O)N[C@@H](CCCCN)C(=O)N[C@H](C)C(=O)N[C@@H](C)C(=O)NC(C)C. The summed E-state index contributed by atoms with van der Waals surface area (Å²) in [6.45, 7) is 7.42. The van der Waals surface area contributed by atoms with Gasteiger partial charge in [-0.15, -0.1) is 0 Å². The van der Waals surface area contributed by atoms with Gasteiger partial charge < -0.3 is 64.8 Å². The Kier molecular flexibility index (Phi) is 25.8. The lowest BCUT2D eigenvalue weighted by Gasteiger charge is -2.27. The lowest BCUT2D eigenvalue weighted by atomic mass is 10.0. The van der Waals surface area contributed by atoms with Crippen LogP contribution in [-0.4, -0.2) is 127 Å². The third kappa shape index (κ3) is 21.3. The van der Waals surface area contributed by atoms with Crippen LogP contribution in [-0.2, 0) is 38.4 Å². The van der Waals surface area contributed by atoms with Crippen LogP contribution in [0.25, 0.3) is 0 Å². The van der Waals surface area contributed by atoms with E-state index in [1.54, 1.807) is 13.8 Å². The van der Waals surface area contributed by atoms with Crippen molar-refractivity contribution in [3.8, 4) is 0 Å². The minimum absolute atomic E-state index is 0.103. The summed E-state index contributed by atoms with van der Waals surface area (Å²) in [5.41, 5.74) is 16.9. The monoisotopic (exact) mass is 771 g/mol. The van der Waals surface area contributed by atoms with E-state index in [9.17, 15) is 43.5 Å². The molecular weight excluding hydrogens is 706 g/mol. The number of nitrogens with one attached hydrogen (secondary N) is 8. The molecule has 310 valence electrons. The van der Waals surface area contributed by atoms with Crippen molar-refractivity contribution in [2.24, 2.45) is 17.2 Å². The Morgan fingerprint density at radius 1 is 0.481 bits per heavy atom. The Hall–Kier alpha value is -4.40. The van der Waals surface area contributed by atoms with Gasteiger partial charge in [-0.05, 0) is 105 Å². The molecule has 0 aromatic carbocycles. The quantitative estimate of drug-likeness (QED) is 0.0339. The maximum absolute atomic E-state index is 13.7. The number of hydrogen-bond donors (Lipinski definition) is 12. The third-order valence-corrected chi connectivity index (χ3v) is 8.01. The summed E-state index contributed by atoms with van der Waals surface area (Å²) in [6.07, 6.45) is 3.26. The van der Waals surface area contributed by atoms with E-state index < -0.39 is 96.7 Å². The maximum Gasteiger partial charge on any atom is 0.245 e. The molecule has 0 rings (SSSR count). The topological polar surface area (TPSA) is 331 Å². The number of carbonyl (C=O) groups is 8. The molecule has 8 amide bonds. The van der Waals surface area contributed by atoms with Crippen molar-refractivity contribution in [3.05, 3.63) is 0 Å². The summed E-state index contributed by atoms with van der Waals surface area (Å²) in [5, 5.41) is 30.0. The smallest absolute Gasteiger partial charge is 0.245 e. The highest BCUT2D eigenvalue weighted by Crippen LogP contribution is 2.08. The van der Waals surface area contributed by atoms with Crippen molar-refractivity contribution in [1.29, 1.82) is 0 Å². The summed E-state index contributed by atoms with van der Waals surface area (Å²) >= 11 is 0. The van der Waals surface area contributed by atoms with Crippen LogP contribution in [0.3, 0.4) is 0 Å². The van der Waals surface area contributed by atoms with Gasteiger partial charge in [0.1, 0.15) is 36.3 Å². The highest BCUT2D eigenvalue weighted by molar-refractivity contribution is 5.97. The van der Waals surface area contributed by atoms with Gasteiger partial charge in [0.2, 0.25) is 47.3 Å². The Bertz CT molecular complexity index is 1220. The number of aliphatic hydroxyl groups excluding tert-OH is 1. The number of carbonyl (C=O) groups excluding carboxylic acids is 8. The first-order valence-corrected chi connectivity index (χ1v) is 18.6. The average Bonchev–Trinajstić information content (AvgIpc) is 3.11. The van der Waals surface area contributed by atoms with Crippen molar-refractivity contribution in [2.75, 3.05) is 32.8 Å². The molecular formula is C34H65N11O9. The van der Waals surface area contributed by atoms with E-state index in [2.05, 4.69) is 42.5 Å². The van der Waals surface area contributed by atoms with Crippen LogP contribution in [0, 0.1) is 0 Å². The van der Waals surface area contributed by atoms with Gasteiger partial charge in [-0.2, -0.15) is 0 Å². The molecule has 0 heterocycles. The zero-order valence-corrected chi connectivity index (χ0v) is 32.4. The van der Waals surface area contributed by atoms with Crippen LogP contribution in [0.15, 0.2) is 0 Å². The minimum Gasteiger partial charge on any atom is -0.394 e. The lowest BCUT2D eigenvalue weighted by Crippen LogP contribution is -2.59. The van der Waals surface area contributed by atoms with Gasteiger partial charge in [-0.25, -0.2) is 0 Å². The molecule has 0 aliphatic carbocycles. The second-order valence-electron chi connectivity index (χ2n) is 13.4. The first-order chi connectivity index (χ1) is 25.5. The Morgan fingerprint density at radius 3 is 1.19 bits per heavy atom. The van der Waals surface area contributed by atoms with Crippen LogP contribution in [0.2, 0.25) is 0 Å². The second-order valence-corrected chi connectivity index (χ2v) is 13.4. The molecule has 20 heteroatoms. The Morgan fingerprint density at radius 2 is 0.833 bits per heavy atom. The van der Waals surface area contributed by atoms with Crippen molar-refractivity contribution in [3.63, 3.8) is 0 Å². The van der Waals surface area contributed by atoms with Crippen molar-refractivity contribution < 1.29 is 43.5 Å². The van der Waals surface area contributed by atoms with E-state index >= 15 is 0 Å². The first kappa shape index (κ1) is 49.6. The van der Waals surface area contributed by atoms with E-state index in [4.69, 9.17) is 17.2 Å². The summed E-state index contributed by atoms with van der Waals surface area (Å²) in [7, 11) is 0. The van der Waals surface area contributed by atoms with Gasteiger partial charge in [-0.3, -0.25) is 38.4 Å². The van der Waals surface area contributed by atoms with Crippen LogP contribution in [0.5, 0.6) is 0 Å². The molecule has 20 nitrogen and oxygen atoms in total. The average molecular weight is 772 g/mol. The van der Waals surface area contributed by atoms with Gasteiger partial charge in [-0.1, -0.05) is 0 Å². The Balaban J connectivity index is 6.02. The number of rotatable bonds is 28. The second kappa shape index (κ2) is 28.1. The van der Waals surface area contributed by atoms with Crippen molar-refractivity contribution in [1.82, 2.24) is 42.5 Å². The number of hydrogen-bond acceptors (Lipinski definition) is 12. The number of aliphatic hydroxyl groups is 1. The fraction of sp³-hybridized carbons (Fsp3) is 0.765. The van der Waals surface area contributed by atoms with Crippen LogP contribution in [0.1, 0.15) is 92.4 Å². The summed E-state index contributed by atoms with van der Waals surface area (Å²) < 4.78 is 0. The van der Waals surface area contributed by atoms with Crippen LogP contribution < -0.4 is 59.7 Å². The van der Waals surface area contributed by atoms with Gasteiger partial charge in [0.05, 0.1) is 13.2 Å². The summed E-state index contributed by atoms with van der Waals surface area (Å²) in [5.74, 6) is -5.22. The molecule has 0 aromatic heterocycles. The minimum atomic E-state index is -1.45. The van der Waals surface area contributed by atoms with E-state index in [0.29, 0.717) is 58.2 Å². The van der Waals surface area contributed by atoms with Crippen molar-refractivity contribution in [2.45, 2.75) is 135 Å². The standard InChI is InChI=1S/C34H65N11O9/c1-20(2)39-29(49)21(3)40-30(50)22(4)41-31(51)24(12-6-9-15-35)43-32(52)25(13-7-10-16-36)44-33(53)26(14-8-11-17-37)45-34(54)27(19-46)42-28(48)18-38-23(5)47/h20-22,24-27,46H,6-19,35-37H2,1-5H3,(H,38,47)(H,39,49)(H,40,50)(H,41,51)(H,42,48)(H,43,52)(H,44,53)(H,45,54)/t21-,22+,24-,25+,26-,27+/m0/s1. The number of unbranched alkanes of at least 4 members (excludes halogenated alkanes) is 3. The molecule has 0 aromatic rings. The van der Waals surface area contributed by atoms with E-state index in [1.807, 2.05) is 0 Å². The fourth-order valence-corrected chi connectivity index (χ4v) is 4.94. The molecule has 0 unspecified atom stereocenters. The fourth-order valence-electron chi connectivity index (χ4n) is 4.94. The van der Waals surface area contributed by atoms with Gasteiger partial charge in [0.25, 0.3) is 0 Å². The molecule has 0 radical (unpaired) electrons. The Labute approximate surface area is 317 Å². The summed E-state index contributed by atoms with van der Waals surface area (Å²) in [6, 6.07) is -7.03. The molecule has 0 saturated heterocycles. The number of nitrogens with two attached hydrogens (primary N) is 3. The van der Waals surface area contributed by atoms with Crippen molar-refractivity contribution >= 4 is 47.3 Å². The van der Waals surface area contributed by atoms with E-state index in [1.165, 1.54) is 20.8 Å². The molecule has 54 heavy (non-hydrogen) atoms. The predicted molar refractivity (Wildman–Crippen MR) is 201 cm³/mol. The predicted octanol–water partition coefficient (Wildman–Crippen LogP) is -4.03. The van der Waals surface area contributed by atoms with Crippen LogP contribution in [0.4, 0.5) is 0 Å². The largest absolute Gasteiger partial charge is 0.394 e. The van der Waals surface area contributed by atoms with Gasteiger partial charge >= 0.3 is 0 Å². The summed E-state index contributed by atoms with van der Waals surface area (Å²) in [4.78, 5) is 102. The molecule has 0 aliphatic rings. The highest BCUT2D eigenvalue weighted by Gasteiger charge is 2.32. The highest BCUT2D eigenvalue weighted by atomic mass is 16.3. The zero-order valence-electron chi connectivity index (χ0n) is 32.4. The lowest BCUT2D eigenvalue weighted by molar-refractivity contribution is -0.135. The zero-order chi connectivity index (χ0) is 41.2. The molecule has 6 atom stereocenters. The van der Waals surface area contributed by atoms with E-state index in [0.717, 1.165) is 0 Å². The molecule has 0 fully saturated rings.